The highest BCUT2D eigenvalue weighted by atomic mass is 19.4. The van der Waals surface area contributed by atoms with E-state index in [1.807, 2.05) is 0 Å². The monoisotopic (exact) mass is 404 g/mol. The molecular weight excluding hydrogens is 390 g/mol. The van der Waals surface area contributed by atoms with Gasteiger partial charge in [-0.1, -0.05) is 0 Å². The number of hydrogen-bond acceptors (Lipinski definition) is 4. The number of halogens is 6. The van der Waals surface area contributed by atoms with Gasteiger partial charge in [-0.15, -0.1) is 0 Å². The van der Waals surface area contributed by atoms with Crippen molar-refractivity contribution in [3.8, 4) is 11.4 Å². The van der Waals surface area contributed by atoms with Crippen molar-refractivity contribution in [2.24, 2.45) is 11.7 Å². The maximum atomic E-state index is 13.0. The van der Waals surface area contributed by atoms with Crippen LogP contribution in [0.3, 0.4) is 0 Å². The molecule has 5 nitrogen and oxygen atoms in total. The Kier molecular flexibility index (Phi) is 5.04. The van der Waals surface area contributed by atoms with Gasteiger partial charge in [-0.25, -0.2) is 9.97 Å². The zero-order valence-corrected chi connectivity index (χ0v) is 14.2. The van der Waals surface area contributed by atoms with E-state index in [-0.39, 0.29) is 17.7 Å². The fraction of sp³-hybridized carbons (Fsp3) is 0.353. The minimum Gasteiger partial charge on any atom is -0.337 e. The SMILES string of the molecule is NCC1CN(C(=O)c2ccnc(-c3cc(C(F)(F)F)cc(C(F)(F)F)c3)n2)C1. The third-order valence-electron chi connectivity index (χ3n) is 4.30. The molecule has 0 spiro atoms. The molecule has 0 saturated carbocycles. The first-order chi connectivity index (χ1) is 13.0. The average molecular weight is 404 g/mol. The molecule has 1 aromatic carbocycles. The molecule has 0 aliphatic carbocycles. The smallest absolute Gasteiger partial charge is 0.337 e. The molecular formula is C17H14F6N4O. The molecule has 2 heterocycles. The Morgan fingerprint density at radius 2 is 1.64 bits per heavy atom. The molecule has 2 aromatic rings. The zero-order valence-electron chi connectivity index (χ0n) is 14.2. The number of alkyl halides is 6. The van der Waals surface area contributed by atoms with Gasteiger partial charge in [-0.05, 0) is 30.8 Å². The maximum Gasteiger partial charge on any atom is 0.416 e. The van der Waals surface area contributed by atoms with Crippen molar-refractivity contribution in [2.75, 3.05) is 19.6 Å². The van der Waals surface area contributed by atoms with Gasteiger partial charge in [0.15, 0.2) is 5.82 Å². The summed E-state index contributed by atoms with van der Waals surface area (Å²) in [6.45, 7) is 1.23. The highest BCUT2D eigenvalue weighted by molar-refractivity contribution is 5.93. The van der Waals surface area contributed by atoms with Gasteiger partial charge in [-0.2, -0.15) is 26.3 Å². The van der Waals surface area contributed by atoms with Crippen molar-refractivity contribution in [2.45, 2.75) is 12.4 Å². The standard InChI is InChI=1S/C17H14F6N4O/c18-16(19,20)11-3-10(4-12(5-11)17(21,22)23)14-25-2-1-13(26-14)15(28)27-7-9(6-24)8-27/h1-5,9H,6-8,24H2. The zero-order chi connectivity index (χ0) is 20.7. The predicted molar refractivity (Wildman–Crippen MR) is 85.9 cm³/mol. The quantitative estimate of drug-likeness (QED) is 0.798. The molecule has 1 fully saturated rings. The summed E-state index contributed by atoms with van der Waals surface area (Å²) in [4.78, 5) is 21.4. The number of carbonyl (C=O) groups excluding carboxylic acids is 1. The van der Waals surface area contributed by atoms with Crippen LogP contribution in [0.15, 0.2) is 30.5 Å². The number of amides is 1. The molecule has 2 N–H and O–H groups in total. The van der Waals surface area contributed by atoms with Crippen LogP contribution in [0.25, 0.3) is 11.4 Å². The number of nitrogens with zero attached hydrogens (tertiary/aromatic N) is 3. The first-order valence-corrected chi connectivity index (χ1v) is 8.11. The molecule has 1 aromatic heterocycles. The molecule has 28 heavy (non-hydrogen) atoms. The summed E-state index contributed by atoms with van der Waals surface area (Å²) in [5.41, 5.74) is 1.92. The van der Waals surface area contributed by atoms with Crippen molar-refractivity contribution >= 4 is 5.91 Å². The van der Waals surface area contributed by atoms with E-state index in [1.54, 1.807) is 0 Å². The van der Waals surface area contributed by atoms with Gasteiger partial charge >= 0.3 is 12.4 Å². The van der Waals surface area contributed by atoms with Crippen LogP contribution in [0.2, 0.25) is 0 Å². The number of benzene rings is 1. The normalized spacial score (nSPS) is 15.5. The molecule has 11 heteroatoms. The summed E-state index contributed by atoms with van der Waals surface area (Å²) in [6, 6.07) is 2.31. The Balaban J connectivity index is 1.98. The molecule has 0 bridgehead atoms. The third kappa shape index (κ3) is 4.08. The summed E-state index contributed by atoms with van der Waals surface area (Å²) >= 11 is 0. The van der Waals surface area contributed by atoms with Crippen molar-refractivity contribution in [1.29, 1.82) is 0 Å². The number of nitrogens with two attached hydrogens (primary N) is 1. The number of hydrogen-bond donors (Lipinski definition) is 1. The minimum atomic E-state index is -4.99. The number of likely N-dealkylation sites (tertiary alicyclic amines) is 1. The van der Waals surface area contributed by atoms with E-state index < -0.39 is 40.8 Å². The summed E-state index contributed by atoms with van der Waals surface area (Å²) in [7, 11) is 0. The lowest BCUT2D eigenvalue weighted by molar-refractivity contribution is -0.143. The van der Waals surface area contributed by atoms with Crippen molar-refractivity contribution in [1.82, 2.24) is 14.9 Å². The second-order valence-corrected chi connectivity index (χ2v) is 6.37. The second kappa shape index (κ2) is 7.04. The van der Waals surface area contributed by atoms with Crippen LogP contribution >= 0.6 is 0 Å². The van der Waals surface area contributed by atoms with Crippen LogP contribution < -0.4 is 5.73 Å². The highest BCUT2D eigenvalue weighted by Gasteiger charge is 2.37. The Labute approximate surface area is 155 Å². The van der Waals surface area contributed by atoms with Gasteiger partial charge in [0, 0.05) is 30.8 Å². The van der Waals surface area contributed by atoms with E-state index in [0.29, 0.717) is 31.8 Å². The second-order valence-electron chi connectivity index (χ2n) is 6.37. The van der Waals surface area contributed by atoms with Gasteiger partial charge < -0.3 is 10.6 Å². The van der Waals surface area contributed by atoms with Crippen LogP contribution in [0.5, 0.6) is 0 Å². The molecule has 1 aliphatic rings. The molecule has 150 valence electrons. The van der Waals surface area contributed by atoms with Gasteiger partial charge in [0.1, 0.15) is 5.69 Å². The fourth-order valence-electron chi connectivity index (χ4n) is 2.75. The minimum absolute atomic E-state index is 0.0194. The fourth-order valence-corrected chi connectivity index (χ4v) is 2.75. The van der Waals surface area contributed by atoms with E-state index in [1.165, 1.54) is 11.0 Å². The Morgan fingerprint density at radius 3 is 2.14 bits per heavy atom. The highest BCUT2D eigenvalue weighted by Crippen LogP contribution is 2.38. The van der Waals surface area contributed by atoms with Crippen molar-refractivity contribution in [3.63, 3.8) is 0 Å². The average Bonchev–Trinajstić information content (AvgIpc) is 2.59. The van der Waals surface area contributed by atoms with Crippen LogP contribution in [0, 0.1) is 5.92 Å². The van der Waals surface area contributed by atoms with Crippen molar-refractivity contribution < 1.29 is 31.1 Å². The first kappa shape index (κ1) is 20.1. The van der Waals surface area contributed by atoms with Crippen LogP contribution in [-0.2, 0) is 12.4 Å². The molecule has 0 unspecified atom stereocenters. The predicted octanol–water partition coefficient (Wildman–Crippen LogP) is 3.21. The molecule has 1 saturated heterocycles. The van der Waals surface area contributed by atoms with E-state index in [4.69, 9.17) is 5.73 Å². The lowest BCUT2D eigenvalue weighted by atomic mass is 10.00. The molecule has 1 amide bonds. The molecule has 0 radical (unpaired) electrons. The van der Waals surface area contributed by atoms with Crippen LogP contribution in [-0.4, -0.2) is 40.4 Å². The topological polar surface area (TPSA) is 72.1 Å². The van der Waals surface area contributed by atoms with E-state index in [2.05, 4.69) is 9.97 Å². The van der Waals surface area contributed by atoms with Crippen LogP contribution in [0.4, 0.5) is 26.3 Å². The van der Waals surface area contributed by atoms with Crippen LogP contribution in [0.1, 0.15) is 21.6 Å². The third-order valence-corrected chi connectivity index (χ3v) is 4.30. The summed E-state index contributed by atoms with van der Waals surface area (Å²) in [6.07, 6.45) is -8.86. The molecule has 0 atom stereocenters. The number of aromatic nitrogens is 2. The Hall–Kier alpha value is -2.69. The van der Waals surface area contributed by atoms with E-state index in [0.717, 1.165) is 6.20 Å². The largest absolute Gasteiger partial charge is 0.416 e. The Morgan fingerprint density at radius 1 is 1.07 bits per heavy atom. The van der Waals surface area contributed by atoms with E-state index >= 15 is 0 Å². The van der Waals surface area contributed by atoms with Gasteiger partial charge in [0.25, 0.3) is 5.91 Å². The first-order valence-electron chi connectivity index (χ1n) is 8.11. The van der Waals surface area contributed by atoms with Crippen molar-refractivity contribution in [3.05, 3.63) is 47.3 Å². The number of rotatable bonds is 3. The van der Waals surface area contributed by atoms with Gasteiger partial charge in [0.05, 0.1) is 11.1 Å². The maximum absolute atomic E-state index is 13.0. The van der Waals surface area contributed by atoms with Gasteiger partial charge in [0.2, 0.25) is 0 Å². The summed E-state index contributed by atoms with van der Waals surface area (Å²) in [5, 5.41) is 0. The lowest BCUT2D eigenvalue weighted by Gasteiger charge is -2.38. The molecule has 1 aliphatic heterocycles. The van der Waals surface area contributed by atoms with E-state index in [9.17, 15) is 31.1 Å². The summed E-state index contributed by atoms with van der Waals surface area (Å²) < 4.78 is 78.1. The number of carbonyl (C=O) groups is 1. The van der Waals surface area contributed by atoms with Gasteiger partial charge in [-0.3, -0.25) is 4.79 Å². The molecule has 3 rings (SSSR count). The lowest BCUT2D eigenvalue weighted by Crippen LogP contribution is -2.52. The summed E-state index contributed by atoms with van der Waals surface area (Å²) in [5.74, 6) is -0.738. The Bertz CT molecular complexity index is 858.